The number of halogens is 1. The summed E-state index contributed by atoms with van der Waals surface area (Å²) in [6.07, 6.45) is 0.390. The van der Waals surface area contributed by atoms with E-state index in [9.17, 15) is 18.8 Å². The molecule has 1 aromatic rings. The quantitative estimate of drug-likeness (QED) is 0.644. The average molecular weight is 291 g/mol. The van der Waals surface area contributed by atoms with Crippen LogP contribution >= 0.6 is 0 Å². The molecule has 110 valence electrons. The number of carbonyl (C=O) groups is 3. The van der Waals surface area contributed by atoms with Crippen LogP contribution in [0.2, 0.25) is 0 Å². The van der Waals surface area contributed by atoms with Crippen LogP contribution in [0.3, 0.4) is 0 Å². The number of hydrogen-bond donors (Lipinski definition) is 2. The lowest BCUT2D eigenvalue weighted by Crippen LogP contribution is -2.57. The molecule has 21 heavy (non-hydrogen) atoms. The zero-order valence-corrected chi connectivity index (χ0v) is 11.4. The molecule has 0 saturated carbocycles. The number of nitrogens with zero attached hydrogens (tertiary/aromatic N) is 1. The van der Waals surface area contributed by atoms with Crippen molar-refractivity contribution in [2.75, 3.05) is 0 Å². The number of carbonyl (C=O) groups excluding carboxylic acids is 3. The van der Waals surface area contributed by atoms with Crippen LogP contribution in [0.25, 0.3) is 0 Å². The zero-order valence-electron chi connectivity index (χ0n) is 11.4. The van der Waals surface area contributed by atoms with Crippen molar-refractivity contribution in [3.63, 3.8) is 0 Å². The summed E-state index contributed by atoms with van der Waals surface area (Å²) in [6.45, 7) is 1.99. The van der Waals surface area contributed by atoms with Crippen molar-refractivity contribution in [2.45, 2.75) is 19.9 Å². The minimum Gasteiger partial charge on any atom is -0.288 e. The first-order valence-corrected chi connectivity index (χ1v) is 6.44. The topological polar surface area (TPSA) is 87.6 Å². The van der Waals surface area contributed by atoms with E-state index in [1.165, 1.54) is 12.1 Å². The minimum absolute atomic E-state index is 0.231. The first kappa shape index (κ1) is 14.8. The number of imide groups is 2. The lowest BCUT2D eigenvalue weighted by atomic mass is 9.97. The van der Waals surface area contributed by atoms with Crippen LogP contribution in [0.1, 0.15) is 18.9 Å². The van der Waals surface area contributed by atoms with Crippen LogP contribution in [0, 0.1) is 11.7 Å². The Labute approximate surface area is 120 Å². The van der Waals surface area contributed by atoms with Crippen LogP contribution in [0.5, 0.6) is 0 Å². The molecule has 6 nitrogen and oxygen atoms in total. The summed E-state index contributed by atoms with van der Waals surface area (Å²) in [7, 11) is 0. The maximum atomic E-state index is 12.8. The molecule has 0 aromatic heterocycles. The number of amides is 4. The summed E-state index contributed by atoms with van der Waals surface area (Å²) in [6, 6.07) is 4.97. The van der Waals surface area contributed by atoms with Crippen LogP contribution < -0.4 is 10.6 Å². The highest BCUT2D eigenvalue weighted by molar-refractivity contribution is 6.27. The second-order valence-electron chi connectivity index (χ2n) is 4.53. The fraction of sp³-hybridized carbons (Fsp3) is 0.286. The number of urea groups is 1. The summed E-state index contributed by atoms with van der Waals surface area (Å²) in [5.41, 5.74) is 1.14. The fourth-order valence-corrected chi connectivity index (χ4v) is 2.01. The van der Waals surface area contributed by atoms with Gasteiger partial charge in [-0.15, -0.1) is 0 Å². The molecule has 1 aliphatic rings. The average Bonchev–Trinajstić information content (AvgIpc) is 2.43. The lowest BCUT2D eigenvalue weighted by Gasteiger charge is -2.21. The first-order valence-electron chi connectivity index (χ1n) is 6.44. The van der Waals surface area contributed by atoms with Gasteiger partial charge in [0, 0.05) is 5.71 Å². The Balaban J connectivity index is 2.16. The molecule has 0 spiro atoms. The SMILES string of the molecule is CCC(=NCc1ccc(F)cc1)C1C(=O)NC(=O)NC1=O. The Bertz CT molecular complexity index is 590. The van der Waals surface area contributed by atoms with Crippen molar-refractivity contribution in [2.24, 2.45) is 10.9 Å². The highest BCUT2D eigenvalue weighted by Crippen LogP contribution is 2.11. The molecule has 0 aliphatic carbocycles. The molecular formula is C14H14FN3O3. The molecule has 0 unspecified atom stereocenters. The number of rotatable bonds is 4. The van der Waals surface area contributed by atoms with E-state index in [4.69, 9.17) is 0 Å². The van der Waals surface area contributed by atoms with Gasteiger partial charge in [0.05, 0.1) is 6.54 Å². The van der Waals surface area contributed by atoms with Crippen LogP contribution in [-0.4, -0.2) is 23.6 Å². The smallest absolute Gasteiger partial charge is 0.288 e. The summed E-state index contributed by atoms with van der Waals surface area (Å²) >= 11 is 0. The van der Waals surface area contributed by atoms with Gasteiger partial charge >= 0.3 is 6.03 Å². The number of benzene rings is 1. The molecule has 4 amide bonds. The van der Waals surface area contributed by atoms with Gasteiger partial charge in [-0.1, -0.05) is 19.1 Å². The zero-order chi connectivity index (χ0) is 15.4. The molecule has 0 atom stereocenters. The standard InChI is InChI=1S/C14H14FN3O3/c1-2-10(11-12(19)17-14(21)18-13(11)20)16-7-8-3-5-9(15)6-4-8/h3-6,11H,2,7H2,1H3,(H2,17,18,19,20,21). The molecule has 1 aromatic carbocycles. The highest BCUT2D eigenvalue weighted by Gasteiger charge is 2.37. The van der Waals surface area contributed by atoms with Crippen LogP contribution in [-0.2, 0) is 16.1 Å². The fourth-order valence-electron chi connectivity index (χ4n) is 2.01. The molecule has 2 N–H and O–H groups in total. The molecule has 0 bridgehead atoms. The van der Waals surface area contributed by atoms with E-state index < -0.39 is 23.8 Å². The van der Waals surface area contributed by atoms with Crippen molar-refractivity contribution >= 4 is 23.6 Å². The van der Waals surface area contributed by atoms with Crippen molar-refractivity contribution in [1.29, 1.82) is 0 Å². The molecule has 2 rings (SSSR count). The molecule has 1 aliphatic heterocycles. The van der Waals surface area contributed by atoms with E-state index in [2.05, 4.69) is 4.99 Å². The number of aliphatic imine (C=N–C) groups is 1. The Morgan fingerprint density at radius 3 is 2.24 bits per heavy atom. The number of nitrogens with one attached hydrogen (secondary N) is 2. The maximum absolute atomic E-state index is 12.8. The van der Waals surface area contributed by atoms with E-state index in [0.29, 0.717) is 12.1 Å². The second kappa shape index (κ2) is 6.25. The van der Waals surface area contributed by atoms with Gasteiger partial charge in [-0.3, -0.25) is 25.2 Å². The summed E-state index contributed by atoms with van der Waals surface area (Å²) < 4.78 is 12.8. The van der Waals surface area contributed by atoms with Gasteiger partial charge in [0.15, 0.2) is 5.92 Å². The predicted molar refractivity (Wildman–Crippen MR) is 73.0 cm³/mol. The van der Waals surface area contributed by atoms with Gasteiger partial charge in [-0.25, -0.2) is 9.18 Å². The van der Waals surface area contributed by atoms with Crippen LogP contribution in [0.15, 0.2) is 29.3 Å². The van der Waals surface area contributed by atoms with E-state index in [1.807, 2.05) is 10.6 Å². The van der Waals surface area contributed by atoms with E-state index in [-0.39, 0.29) is 12.4 Å². The molecule has 1 saturated heterocycles. The van der Waals surface area contributed by atoms with Gasteiger partial charge in [0.2, 0.25) is 11.8 Å². The lowest BCUT2D eigenvalue weighted by molar-refractivity contribution is -0.132. The van der Waals surface area contributed by atoms with Gasteiger partial charge in [0.1, 0.15) is 5.82 Å². The highest BCUT2D eigenvalue weighted by atomic mass is 19.1. The van der Waals surface area contributed by atoms with E-state index >= 15 is 0 Å². The van der Waals surface area contributed by atoms with E-state index in [1.54, 1.807) is 19.1 Å². The Morgan fingerprint density at radius 2 is 1.71 bits per heavy atom. The normalized spacial score (nSPS) is 16.7. The molecule has 7 heteroatoms. The van der Waals surface area contributed by atoms with Crippen molar-refractivity contribution in [3.05, 3.63) is 35.6 Å². The Kier molecular flexibility index (Phi) is 4.42. The van der Waals surface area contributed by atoms with Crippen LogP contribution in [0.4, 0.5) is 9.18 Å². The first-order chi connectivity index (χ1) is 10.0. The molecular weight excluding hydrogens is 277 g/mol. The van der Waals surface area contributed by atoms with Gasteiger partial charge in [-0.2, -0.15) is 0 Å². The summed E-state index contributed by atoms with van der Waals surface area (Å²) in [5.74, 6) is -2.80. The summed E-state index contributed by atoms with van der Waals surface area (Å²) in [4.78, 5) is 38.8. The third kappa shape index (κ3) is 3.50. The van der Waals surface area contributed by atoms with Crippen molar-refractivity contribution in [3.8, 4) is 0 Å². The summed E-state index contributed by atoms with van der Waals surface area (Å²) in [5, 5.41) is 4.08. The predicted octanol–water partition coefficient (Wildman–Crippen LogP) is 1.16. The largest absolute Gasteiger partial charge is 0.328 e. The number of barbiturate groups is 1. The van der Waals surface area contributed by atoms with Crippen molar-refractivity contribution in [1.82, 2.24) is 10.6 Å². The molecule has 1 heterocycles. The van der Waals surface area contributed by atoms with Crippen molar-refractivity contribution < 1.29 is 18.8 Å². The Hall–Kier alpha value is -2.57. The van der Waals surface area contributed by atoms with E-state index in [0.717, 1.165) is 5.56 Å². The molecule has 1 fully saturated rings. The third-order valence-electron chi connectivity index (χ3n) is 3.07. The Morgan fingerprint density at radius 1 is 1.14 bits per heavy atom. The number of hydrogen-bond acceptors (Lipinski definition) is 4. The minimum atomic E-state index is -1.10. The third-order valence-corrected chi connectivity index (χ3v) is 3.07. The second-order valence-corrected chi connectivity index (χ2v) is 4.53. The van der Waals surface area contributed by atoms with Gasteiger partial charge in [0.25, 0.3) is 0 Å². The van der Waals surface area contributed by atoms with Gasteiger partial charge < -0.3 is 0 Å². The molecule has 0 radical (unpaired) electrons. The maximum Gasteiger partial charge on any atom is 0.328 e. The van der Waals surface area contributed by atoms with Gasteiger partial charge in [-0.05, 0) is 24.1 Å². The monoisotopic (exact) mass is 291 g/mol.